The van der Waals surface area contributed by atoms with Gasteiger partial charge in [0.25, 0.3) is 0 Å². The number of halogens is 1. The summed E-state index contributed by atoms with van der Waals surface area (Å²) in [5.41, 5.74) is 0. The van der Waals surface area contributed by atoms with E-state index in [9.17, 15) is 16.8 Å². The monoisotopic (exact) mass is 393 g/mol. The first kappa shape index (κ1) is 18.4. The van der Waals surface area contributed by atoms with Gasteiger partial charge < -0.3 is 0 Å². The van der Waals surface area contributed by atoms with Crippen molar-refractivity contribution in [2.75, 3.05) is 12.8 Å². The van der Waals surface area contributed by atoms with Crippen molar-refractivity contribution < 1.29 is 16.8 Å². The molecule has 9 heteroatoms. The number of sulfonamides is 1. The quantitative estimate of drug-likeness (QED) is 0.756. The van der Waals surface area contributed by atoms with E-state index in [1.54, 1.807) is 19.1 Å². The van der Waals surface area contributed by atoms with Crippen molar-refractivity contribution in [3.8, 4) is 0 Å². The van der Waals surface area contributed by atoms with Crippen LogP contribution in [-0.4, -0.2) is 33.9 Å². The smallest absolute Gasteiger partial charge is 0.224 e. The van der Waals surface area contributed by atoms with E-state index in [0.29, 0.717) is 4.34 Å². The second-order valence-electron chi connectivity index (χ2n) is 4.88. The second kappa shape index (κ2) is 6.90. The maximum atomic E-state index is 12.8. The molecule has 126 valence electrons. The van der Waals surface area contributed by atoms with Crippen LogP contribution in [0.3, 0.4) is 0 Å². The molecule has 0 fully saturated rings. The van der Waals surface area contributed by atoms with Crippen molar-refractivity contribution in [3.63, 3.8) is 0 Å². The Morgan fingerprint density at radius 1 is 1.09 bits per heavy atom. The second-order valence-corrected chi connectivity index (χ2v) is 10.6. The Morgan fingerprint density at radius 3 is 2.26 bits per heavy atom. The molecule has 0 N–H and O–H groups in total. The van der Waals surface area contributed by atoms with Crippen LogP contribution in [-0.2, 0) is 26.4 Å². The van der Waals surface area contributed by atoms with Gasteiger partial charge >= 0.3 is 0 Å². The van der Waals surface area contributed by atoms with Crippen molar-refractivity contribution in [1.29, 1.82) is 0 Å². The molecule has 0 amide bonds. The summed E-state index contributed by atoms with van der Waals surface area (Å²) < 4.78 is 50.6. The van der Waals surface area contributed by atoms with Crippen molar-refractivity contribution in [1.82, 2.24) is 4.31 Å². The first-order valence-electron chi connectivity index (χ1n) is 6.69. The van der Waals surface area contributed by atoms with E-state index >= 15 is 0 Å². The average molecular weight is 394 g/mol. The Balaban J connectivity index is 2.39. The number of nitrogens with zero attached hydrogens (tertiary/aromatic N) is 1. The summed E-state index contributed by atoms with van der Waals surface area (Å²) in [6, 6.07) is 8.88. The molecule has 0 saturated heterocycles. The van der Waals surface area contributed by atoms with Crippen LogP contribution >= 0.6 is 22.9 Å². The maximum Gasteiger partial charge on any atom is 0.243 e. The fourth-order valence-corrected chi connectivity index (χ4v) is 5.39. The highest BCUT2D eigenvalue weighted by atomic mass is 35.5. The fraction of sp³-hybridized carbons (Fsp3) is 0.286. The Hall–Kier alpha value is -0.930. The van der Waals surface area contributed by atoms with Gasteiger partial charge in [-0.05, 0) is 30.3 Å². The summed E-state index contributed by atoms with van der Waals surface area (Å²) in [6.07, 6.45) is 1.05. The highest BCUT2D eigenvalue weighted by Gasteiger charge is 2.25. The van der Waals surface area contributed by atoms with Gasteiger partial charge in [-0.25, -0.2) is 16.8 Å². The zero-order chi connectivity index (χ0) is 17.3. The topological polar surface area (TPSA) is 71.5 Å². The molecule has 5 nitrogen and oxygen atoms in total. The highest BCUT2D eigenvalue weighted by molar-refractivity contribution is 7.91. The molecule has 0 spiro atoms. The molecule has 2 aromatic rings. The van der Waals surface area contributed by atoms with Crippen molar-refractivity contribution >= 4 is 42.8 Å². The summed E-state index contributed by atoms with van der Waals surface area (Å²) in [5, 5.41) is 0. The molecule has 1 aromatic carbocycles. The van der Waals surface area contributed by atoms with Gasteiger partial charge in [0.2, 0.25) is 10.0 Å². The lowest BCUT2D eigenvalue weighted by Gasteiger charge is -2.20. The number of benzene rings is 1. The van der Waals surface area contributed by atoms with E-state index in [-0.39, 0.29) is 22.9 Å². The summed E-state index contributed by atoms with van der Waals surface area (Å²) >= 11 is 7.19. The van der Waals surface area contributed by atoms with Gasteiger partial charge in [-0.3, -0.25) is 0 Å². The van der Waals surface area contributed by atoms with Crippen molar-refractivity contribution in [2.45, 2.75) is 23.3 Å². The van der Waals surface area contributed by atoms with Crippen LogP contribution in [0.5, 0.6) is 0 Å². The predicted molar refractivity (Wildman–Crippen MR) is 92.2 cm³/mol. The molecule has 0 atom stereocenters. The van der Waals surface area contributed by atoms with Crippen LogP contribution in [0, 0.1) is 0 Å². The predicted octanol–water partition coefficient (Wildman–Crippen LogP) is 3.02. The van der Waals surface area contributed by atoms with E-state index in [2.05, 4.69) is 0 Å². The summed E-state index contributed by atoms with van der Waals surface area (Å²) in [6.45, 7) is 2.19. The molecule has 23 heavy (non-hydrogen) atoms. The first-order chi connectivity index (χ1) is 10.6. The Morgan fingerprint density at radius 2 is 1.74 bits per heavy atom. The summed E-state index contributed by atoms with van der Waals surface area (Å²) in [4.78, 5) is 0.762. The third-order valence-corrected chi connectivity index (χ3v) is 7.43. The molecule has 0 saturated carbocycles. The zero-order valence-corrected chi connectivity index (χ0v) is 15.8. The van der Waals surface area contributed by atoms with E-state index in [0.717, 1.165) is 11.1 Å². The van der Waals surface area contributed by atoms with Crippen LogP contribution in [0.15, 0.2) is 46.2 Å². The summed E-state index contributed by atoms with van der Waals surface area (Å²) in [5.74, 6) is 0. The lowest BCUT2D eigenvalue weighted by atomic mass is 10.4. The molecular weight excluding hydrogens is 378 g/mol. The largest absolute Gasteiger partial charge is 0.243 e. The number of rotatable bonds is 6. The average Bonchev–Trinajstić information content (AvgIpc) is 2.89. The molecule has 0 aliphatic heterocycles. The van der Waals surface area contributed by atoms with E-state index < -0.39 is 19.9 Å². The van der Waals surface area contributed by atoms with Crippen LogP contribution in [0.1, 0.15) is 11.8 Å². The van der Waals surface area contributed by atoms with Gasteiger partial charge in [0.05, 0.1) is 14.1 Å². The van der Waals surface area contributed by atoms with E-state index in [4.69, 9.17) is 11.6 Å². The fourth-order valence-electron chi connectivity index (χ4n) is 1.99. The third kappa shape index (κ3) is 4.33. The molecule has 1 heterocycles. The van der Waals surface area contributed by atoms with Gasteiger partial charge in [0, 0.05) is 24.2 Å². The normalized spacial score (nSPS) is 12.7. The van der Waals surface area contributed by atoms with Crippen LogP contribution in [0.2, 0.25) is 4.34 Å². The number of sulfone groups is 1. The standard InChI is InChI=1S/C14H16ClNO4S3/c1-3-16(10-11-7-8-14(15)21-11)23(19,20)13-6-4-5-12(9-13)22(2,17)18/h4-9H,3,10H2,1-2H3. The Labute approximate surface area is 145 Å². The molecule has 0 radical (unpaired) electrons. The summed E-state index contributed by atoms with van der Waals surface area (Å²) in [7, 11) is -7.26. The molecule has 0 bridgehead atoms. The number of thiophene rings is 1. The van der Waals surface area contributed by atoms with E-state index in [1.165, 1.54) is 39.9 Å². The van der Waals surface area contributed by atoms with Crippen LogP contribution < -0.4 is 0 Å². The van der Waals surface area contributed by atoms with E-state index in [1.807, 2.05) is 0 Å². The minimum Gasteiger partial charge on any atom is -0.224 e. The van der Waals surface area contributed by atoms with Crippen molar-refractivity contribution in [2.24, 2.45) is 0 Å². The molecule has 0 unspecified atom stereocenters. The van der Waals surface area contributed by atoms with Gasteiger partial charge in [-0.2, -0.15) is 4.31 Å². The molecular formula is C14H16ClNO4S3. The Bertz CT molecular complexity index is 904. The lowest BCUT2D eigenvalue weighted by molar-refractivity contribution is 0.426. The third-order valence-electron chi connectivity index (χ3n) is 3.19. The van der Waals surface area contributed by atoms with Crippen LogP contribution in [0.4, 0.5) is 0 Å². The minimum atomic E-state index is -3.79. The molecule has 1 aromatic heterocycles. The number of hydrogen-bond acceptors (Lipinski definition) is 5. The Kier molecular flexibility index (Phi) is 5.52. The highest BCUT2D eigenvalue weighted by Crippen LogP contribution is 2.26. The van der Waals surface area contributed by atoms with Gasteiger partial charge in [-0.1, -0.05) is 24.6 Å². The molecule has 0 aliphatic rings. The first-order valence-corrected chi connectivity index (χ1v) is 11.2. The van der Waals surface area contributed by atoms with Crippen molar-refractivity contribution in [3.05, 3.63) is 45.6 Å². The van der Waals surface area contributed by atoms with Gasteiger partial charge in [0.1, 0.15) is 0 Å². The maximum absolute atomic E-state index is 12.8. The SMILES string of the molecule is CCN(Cc1ccc(Cl)s1)S(=O)(=O)c1cccc(S(C)(=O)=O)c1. The molecule has 0 aliphatic carbocycles. The molecule has 2 rings (SSSR count). The zero-order valence-electron chi connectivity index (χ0n) is 12.6. The minimum absolute atomic E-state index is 0.0196. The van der Waals surface area contributed by atoms with Crippen LogP contribution in [0.25, 0.3) is 0 Å². The van der Waals surface area contributed by atoms with Gasteiger partial charge in [0.15, 0.2) is 9.84 Å². The number of hydrogen-bond donors (Lipinski definition) is 0. The lowest BCUT2D eigenvalue weighted by Crippen LogP contribution is -2.30. The van der Waals surface area contributed by atoms with Gasteiger partial charge in [-0.15, -0.1) is 11.3 Å².